The molecule has 0 aromatic heterocycles. The Morgan fingerprint density at radius 1 is 1.25 bits per heavy atom. The zero-order valence-corrected chi connectivity index (χ0v) is 7.29. The highest BCUT2D eigenvalue weighted by atomic mass is 17.2. The van der Waals surface area contributed by atoms with Crippen LogP contribution in [0.5, 0.6) is 0 Å². The molecular formula is C9H15NO2. The normalized spacial score (nSPS) is 25.2. The first kappa shape index (κ1) is 8.08. The van der Waals surface area contributed by atoms with E-state index in [1.165, 1.54) is 32.4 Å². The van der Waals surface area contributed by atoms with Crippen molar-refractivity contribution in [2.24, 2.45) is 0 Å². The van der Waals surface area contributed by atoms with E-state index in [4.69, 9.17) is 9.78 Å². The number of likely N-dealkylation sites (tertiary alicyclic amines) is 1. The van der Waals surface area contributed by atoms with Crippen molar-refractivity contribution in [3.63, 3.8) is 0 Å². The highest BCUT2D eigenvalue weighted by Crippen LogP contribution is 2.13. The van der Waals surface area contributed by atoms with Crippen molar-refractivity contribution in [2.75, 3.05) is 26.2 Å². The van der Waals surface area contributed by atoms with E-state index in [1.54, 1.807) is 0 Å². The van der Waals surface area contributed by atoms with Crippen molar-refractivity contribution in [1.82, 2.24) is 4.90 Å². The summed E-state index contributed by atoms with van der Waals surface area (Å²) in [5.74, 6) is 0.983. The first-order valence-electron chi connectivity index (χ1n) is 4.66. The second kappa shape index (κ2) is 3.92. The Morgan fingerprint density at radius 3 is 2.75 bits per heavy atom. The lowest BCUT2D eigenvalue weighted by Crippen LogP contribution is -2.31. The van der Waals surface area contributed by atoms with Crippen LogP contribution >= 0.6 is 0 Å². The topological polar surface area (TPSA) is 21.7 Å². The third kappa shape index (κ3) is 1.99. The van der Waals surface area contributed by atoms with Crippen LogP contribution < -0.4 is 0 Å². The van der Waals surface area contributed by atoms with Gasteiger partial charge in [-0.05, 0) is 32.0 Å². The average Bonchev–Trinajstić information content (AvgIpc) is 2.59. The third-order valence-electron chi connectivity index (χ3n) is 2.37. The van der Waals surface area contributed by atoms with E-state index in [-0.39, 0.29) is 0 Å². The molecule has 0 bridgehead atoms. The van der Waals surface area contributed by atoms with E-state index < -0.39 is 0 Å². The van der Waals surface area contributed by atoms with Crippen LogP contribution in [0.15, 0.2) is 11.8 Å². The van der Waals surface area contributed by atoms with E-state index in [1.807, 2.05) is 6.08 Å². The molecule has 0 N–H and O–H groups in total. The molecule has 3 nitrogen and oxygen atoms in total. The lowest BCUT2D eigenvalue weighted by molar-refractivity contribution is -0.236. The fourth-order valence-electron chi connectivity index (χ4n) is 1.70. The summed E-state index contributed by atoms with van der Waals surface area (Å²) >= 11 is 0. The molecule has 0 saturated carbocycles. The van der Waals surface area contributed by atoms with Crippen molar-refractivity contribution in [1.29, 1.82) is 0 Å². The van der Waals surface area contributed by atoms with Crippen molar-refractivity contribution < 1.29 is 9.78 Å². The molecule has 68 valence electrons. The standard InChI is InChI=1S/C9H15NO2/c1-2-5-10(6-3-1)8-9-4-7-11-12-9/h4H,1-3,5-8H2. The van der Waals surface area contributed by atoms with Crippen LogP contribution in [0, 0.1) is 0 Å². The average molecular weight is 169 g/mol. The maximum absolute atomic E-state index is 4.98. The van der Waals surface area contributed by atoms with Crippen LogP contribution in [0.1, 0.15) is 19.3 Å². The van der Waals surface area contributed by atoms with Crippen LogP contribution in [0.25, 0.3) is 0 Å². The van der Waals surface area contributed by atoms with E-state index in [9.17, 15) is 0 Å². The summed E-state index contributed by atoms with van der Waals surface area (Å²) in [6.45, 7) is 3.96. The van der Waals surface area contributed by atoms with Gasteiger partial charge in [0.1, 0.15) is 6.61 Å². The van der Waals surface area contributed by atoms with E-state index in [0.717, 1.165) is 12.3 Å². The van der Waals surface area contributed by atoms with Gasteiger partial charge in [0.05, 0.1) is 6.54 Å². The van der Waals surface area contributed by atoms with Crippen molar-refractivity contribution in [2.45, 2.75) is 19.3 Å². The molecule has 0 amide bonds. The number of nitrogens with zero attached hydrogens (tertiary/aromatic N) is 1. The van der Waals surface area contributed by atoms with Crippen LogP contribution in [0.3, 0.4) is 0 Å². The van der Waals surface area contributed by atoms with E-state index in [2.05, 4.69) is 4.90 Å². The molecule has 2 aliphatic rings. The Hall–Kier alpha value is -0.540. The molecule has 2 rings (SSSR count). The molecule has 0 spiro atoms. The first-order chi connectivity index (χ1) is 5.95. The van der Waals surface area contributed by atoms with E-state index >= 15 is 0 Å². The quantitative estimate of drug-likeness (QED) is 0.582. The van der Waals surface area contributed by atoms with Gasteiger partial charge in [0, 0.05) is 0 Å². The van der Waals surface area contributed by atoms with Crippen molar-refractivity contribution in [3.05, 3.63) is 11.8 Å². The zero-order chi connectivity index (χ0) is 8.23. The minimum atomic E-state index is 0.614. The maximum Gasteiger partial charge on any atom is 0.154 e. The van der Waals surface area contributed by atoms with Gasteiger partial charge < -0.3 is 4.89 Å². The molecule has 0 aromatic carbocycles. The van der Waals surface area contributed by atoms with Crippen LogP contribution in [-0.4, -0.2) is 31.1 Å². The molecule has 0 radical (unpaired) electrons. The molecule has 1 fully saturated rings. The van der Waals surface area contributed by atoms with Gasteiger partial charge in [-0.1, -0.05) is 6.42 Å². The largest absolute Gasteiger partial charge is 0.341 e. The molecule has 12 heavy (non-hydrogen) atoms. The van der Waals surface area contributed by atoms with Crippen LogP contribution in [-0.2, 0) is 9.78 Å². The predicted octanol–water partition coefficient (Wildman–Crippen LogP) is 1.32. The fourth-order valence-corrected chi connectivity index (χ4v) is 1.70. The van der Waals surface area contributed by atoms with Crippen molar-refractivity contribution >= 4 is 0 Å². The van der Waals surface area contributed by atoms with Crippen molar-refractivity contribution in [3.8, 4) is 0 Å². The summed E-state index contributed by atoms with van der Waals surface area (Å²) in [6.07, 6.45) is 6.05. The Morgan fingerprint density at radius 2 is 2.08 bits per heavy atom. The molecule has 2 aliphatic heterocycles. The lowest BCUT2D eigenvalue weighted by Gasteiger charge is -2.25. The Balaban J connectivity index is 1.77. The minimum Gasteiger partial charge on any atom is -0.341 e. The predicted molar refractivity (Wildman–Crippen MR) is 45.4 cm³/mol. The van der Waals surface area contributed by atoms with Gasteiger partial charge in [0.25, 0.3) is 0 Å². The molecule has 0 aromatic rings. The molecule has 1 saturated heterocycles. The first-order valence-corrected chi connectivity index (χ1v) is 4.66. The molecule has 0 atom stereocenters. The molecule has 2 heterocycles. The Labute approximate surface area is 72.9 Å². The number of hydrogen-bond donors (Lipinski definition) is 0. The Bertz CT molecular complexity index is 173. The van der Waals surface area contributed by atoms with Crippen LogP contribution in [0.2, 0.25) is 0 Å². The summed E-state index contributed by atoms with van der Waals surface area (Å²) in [5.41, 5.74) is 0. The van der Waals surface area contributed by atoms with E-state index in [0.29, 0.717) is 6.61 Å². The second-order valence-electron chi connectivity index (χ2n) is 3.38. The van der Waals surface area contributed by atoms with Gasteiger partial charge in [0.2, 0.25) is 0 Å². The smallest absolute Gasteiger partial charge is 0.154 e. The molecule has 0 aliphatic carbocycles. The van der Waals surface area contributed by atoms with Gasteiger partial charge in [-0.3, -0.25) is 4.90 Å². The Kier molecular flexibility index (Phi) is 2.64. The van der Waals surface area contributed by atoms with Gasteiger partial charge in [-0.15, -0.1) is 0 Å². The highest BCUT2D eigenvalue weighted by Gasteiger charge is 2.14. The fraction of sp³-hybridized carbons (Fsp3) is 0.778. The summed E-state index contributed by atoms with van der Waals surface area (Å²) < 4.78 is 0. The SMILES string of the molecule is C1=C(CN2CCCCC2)OOC1. The number of rotatable bonds is 2. The third-order valence-corrected chi connectivity index (χ3v) is 2.37. The highest BCUT2D eigenvalue weighted by molar-refractivity contribution is 4.97. The molecule has 3 heteroatoms. The lowest BCUT2D eigenvalue weighted by atomic mass is 10.1. The summed E-state index contributed by atoms with van der Waals surface area (Å²) in [7, 11) is 0. The van der Waals surface area contributed by atoms with Gasteiger partial charge >= 0.3 is 0 Å². The second-order valence-corrected chi connectivity index (χ2v) is 3.38. The number of piperidine rings is 1. The molecule has 0 unspecified atom stereocenters. The monoisotopic (exact) mass is 169 g/mol. The zero-order valence-electron chi connectivity index (χ0n) is 7.29. The summed E-state index contributed by atoms with van der Waals surface area (Å²) in [6, 6.07) is 0. The maximum atomic E-state index is 4.98. The van der Waals surface area contributed by atoms with Gasteiger partial charge in [-0.2, -0.15) is 4.89 Å². The number of hydrogen-bond acceptors (Lipinski definition) is 3. The van der Waals surface area contributed by atoms with Crippen LogP contribution in [0.4, 0.5) is 0 Å². The van der Waals surface area contributed by atoms with Gasteiger partial charge in [0.15, 0.2) is 5.76 Å². The minimum absolute atomic E-state index is 0.614. The molecular weight excluding hydrogens is 154 g/mol. The summed E-state index contributed by atoms with van der Waals surface area (Å²) in [4.78, 5) is 12.2. The van der Waals surface area contributed by atoms with Gasteiger partial charge in [-0.25, -0.2) is 0 Å². The summed E-state index contributed by atoms with van der Waals surface area (Å²) in [5, 5.41) is 0.